The third-order valence-electron chi connectivity index (χ3n) is 3.58. The zero-order valence-corrected chi connectivity index (χ0v) is 10.7. The molecule has 0 unspecified atom stereocenters. The summed E-state index contributed by atoms with van der Waals surface area (Å²) in [6, 6.07) is 15.6. The zero-order chi connectivity index (χ0) is 13.1. The number of amides is 1. The fourth-order valence-electron chi connectivity index (χ4n) is 2.34. The van der Waals surface area contributed by atoms with Crippen molar-refractivity contribution >= 4 is 11.6 Å². The summed E-state index contributed by atoms with van der Waals surface area (Å²) in [5.41, 5.74) is 1.47. The van der Waals surface area contributed by atoms with E-state index in [1.165, 1.54) is 6.42 Å². The lowest BCUT2D eigenvalue weighted by Gasteiger charge is -2.37. The van der Waals surface area contributed by atoms with E-state index in [-0.39, 0.29) is 5.91 Å². The number of carbonyl (C=O) groups is 1. The van der Waals surface area contributed by atoms with Crippen molar-refractivity contribution in [3.8, 4) is 0 Å². The number of carbonyl (C=O) groups excluding carboxylic acids is 1. The van der Waals surface area contributed by atoms with Gasteiger partial charge < -0.3 is 4.90 Å². The lowest BCUT2D eigenvalue weighted by Crippen LogP contribution is -2.44. The Morgan fingerprint density at radius 3 is 2.37 bits per heavy atom. The summed E-state index contributed by atoms with van der Waals surface area (Å²) in [6.45, 7) is 0. The second-order valence-electron chi connectivity index (χ2n) is 4.81. The molecule has 1 aliphatic carbocycles. The van der Waals surface area contributed by atoms with Gasteiger partial charge in [0.2, 0.25) is 0 Å². The maximum atomic E-state index is 12.6. The van der Waals surface area contributed by atoms with Crippen molar-refractivity contribution in [2.45, 2.75) is 25.3 Å². The Hall–Kier alpha value is -2.16. The van der Waals surface area contributed by atoms with Crippen molar-refractivity contribution in [1.29, 1.82) is 0 Å². The molecule has 1 heterocycles. The molecular weight excluding hydrogens is 236 g/mol. The first kappa shape index (κ1) is 11.9. The Morgan fingerprint density at radius 2 is 1.79 bits per heavy atom. The standard InChI is InChI=1S/C16H16N2O/c19-16(15-11-4-5-12-17-15)18(14-9-6-10-14)13-7-2-1-3-8-13/h1-5,7-8,11-12,14H,6,9-10H2. The van der Waals surface area contributed by atoms with Crippen molar-refractivity contribution < 1.29 is 4.79 Å². The molecule has 1 amide bonds. The van der Waals surface area contributed by atoms with Crippen LogP contribution in [0.4, 0.5) is 5.69 Å². The predicted molar refractivity (Wildman–Crippen MR) is 75.1 cm³/mol. The van der Waals surface area contributed by atoms with Crippen LogP contribution in [0.2, 0.25) is 0 Å². The van der Waals surface area contributed by atoms with Crippen molar-refractivity contribution in [3.63, 3.8) is 0 Å². The van der Waals surface area contributed by atoms with Crippen molar-refractivity contribution in [2.75, 3.05) is 4.90 Å². The van der Waals surface area contributed by atoms with Gasteiger partial charge in [0.1, 0.15) is 5.69 Å². The number of pyridine rings is 1. The third-order valence-corrected chi connectivity index (χ3v) is 3.58. The van der Waals surface area contributed by atoms with Gasteiger partial charge in [-0.05, 0) is 43.5 Å². The molecule has 0 bridgehead atoms. The van der Waals surface area contributed by atoms with Crippen LogP contribution in [0, 0.1) is 0 Å². The largest absolute Gasteiger partial charge is 0.304 e. The molecule has 1 aliphatic rings. The molecule has 3 heteroatoms. The first-order valence-corrected chi connectivity index (χ1v) is 6.66. The van der Waals surface area contributed by atoms with E-state index in [1.54, 1.807) is 12.3 Å². The lowest BCUT2D eigenvalue weighted by atomic mass is 9.90. The summed E-state index contributed by atoms with van der Waals surface area (Å²) in [6.07, 6.45) is 5.02. The van der Waals surface area contributed by atoms with Crippen molar-refractivity contribution in [1.82, 2.24) is 4.98 Å². The quantitative estimate of drug-likeness (QED) is 0.840. The molecule has 19 heavy (non-hydrogen) atoms. The number of hydrogen-bond acceptors (Lipinski definition) is 2. The Bertz CT molecular complexity index is 549. The first-order chi connectivity index (χ1) is 9.36. The van der Waals surface area contributed by atoms with Gasteiger partial charge in [-0.2, -0.15) is 0 Å². The number of benzene rings is 1. The fraction of sp³-hybridized carbons (Fsp3) is 0.250. The highest BCUT2D eigenvalue weighted by Crippen LogP contribution is 2.30. The van der Waals surface area contributed by atoms with Crippen LogP contribution in [-0.2, 0) is 0 Å². The molecule has 1 aromatic heterocycles. The van der Waals surface area contributed by atoms with Crippen LogP contribution in [0.3, 0.4) is 0 Å². The van der Waals surface area contributed by atoms with Crippen molar-refractivity contribution in [3.05, 3.63) is 60.4 Å². The van der Waals surface area contributed by atoms with Gasteiger partial charge in [-0.3, -0.25) is 9.78 Å². The van der Waals surface area contributed by atoms with Gasteiger partial charge in [-0.1, -0.05) is 24.3 Å². The van der Waals surface area contributed by atoms with Gasteiger partial charge >= 0.3 is 0 Å². The van der Waals surface area contributed by atoms with Crippen LogP contribution in [0.5, 0.6) is 0 Å². The van der Waals surface area contributed by atoms with Gasteiger partial charge in [0.25, 0.3) is 5.91 Å². The van der Waals surface area contributed by atoms with Crippen LogP contribution in [0.1, 0.15) is 29.8 Å². The summed E-state index contributed by atoms with van der Waals surface area (Å²) >= 11 is 0. The maximum absolute atomic E-state index is 12.6. The van der Waals surface area contributed by atoms with E-state index in [9.17, 15) is 4.79 Å². The number of nitrogens with zero attached hydrogens (tertiary/aromatic N) is 2. The van der Waals surface area contributed by atoms with Crippen LogP contribution >= 0.6 is 0 Å². The average molecular weight is 252 g/mol. The molecule has 3 nitrogen and oxygen atoms in total. The van der Waals surface area contributed by atoms with E-state index >= 15 is 0 Å². The summed E-state index contributed by atoms with van der Waals surface area (Å²) in [7, 11) is 0. The minimum Gasteiger partial charge on any atom is -0.304 e. The van der Waals surface area contributed by atoms with Crippen LogP contribution in [0.15, 0.2) is 54.7 Å². The molecule has 96 valence electrons. The summed E-state index contributed by atoms with van der Waals surface area (Å²) in [5, 5.41) is 0. The fourth-order valence-corrected chi connectivity index (χ4v) is 2.34. The molecule has 1 aromatic carbocycles. The Kier molecular flexibility index (Phi) is 3.27. The van der Waals surface area contributed by atoms with E-state index in [2.05, 4.69) is 4.98 Å². The highest BCUT2D eigenvalue weighted by molar-refractivity contribution is 6.05. The molecule has 1 saturated carbocycles. The number of aromatic nitrogens is 1. The normalized spacial score (nSPS) is 14.7. The summed E-state index contributed by atoms with van der Waals surface area (Å²) in [4.78, 5) is 18.7. The summed E-state index contributed by atoms with van der Waals surface area (Å²) < 4.78 is 0. The second-order valence-corrected chi connectivity index (χ2v) is 4.81. The molecule has 0 atom stereocenters. The topological polar surface area (TPSA) is 33.2 Å². The molecule has 3 rings (SSSR count). The molecule has 2 aromatic rings. The van der Waals surface area contributed by atoms with Gasteiger partial charge in [0.15, 0.2) is 0 Å². The molecule has 1 fully saturated rings. The van der Waals surface area contributed by atoms with E-state index in [0.29, 0.717) is 11.7 Å². The van der Waals surface area contributed by atoms with E-state index in [0.717, 1.165) is 18.5 Å². The number of anilines is 1. The van der Waals surface area contributed by atoms with E-state index < -0.39 is 0 Å². The smallest absolute Gasteiger partial charge is 0.277 e. The molecular formula is C16H16N2O. The van der Waals surface area contributed by atoms with E-state index in [4.69, 9.17) is 0 Å². The second kappa shape index (κ2) is 5.22. The van der Waals surface area contributed by atoms with Gasteiger partial charge in [-0.25, -0.2) is 0 Å². The van der Waals surface area contributed by atoms with Gasteiger partial charge in [0, 0.05) is 17.9 Å². The third kappa shape index (κ3) is 2.36. The minimum atomic E-state index is -0.00324. The lowest BCUT2D eigenvalue weighted by molar-refractivity contribution is 0.0959. The summed E-state index contributed by atoms with van der Waals surface area (Å²) in [5.74, 6) is -0.00324. The Balaban J connectivity index is 1.94. The monoisotopic (exact) mass is 252 g/mol. The minimum absolute atomic E-state index is 0.00324. The molecule has 0 radical (unpaired) electrons. The SMILES string of the molecule is O=C(c1ccccn1)N(c1ccccc1)C1CCC1. The van der Waals surface area contributed by atoms with Crippen LogP contribution in [-0.4, -0.2) is 16.9 Å². The molecule has 0 N–H and O–H groups in total. The molecule has 0 aliphatic heterocycles. The predicted octanol–water partition coefficient (Wildman–Crippen LogP) is 3.28. The van der Waals surface area contributed by atoms with Gasteiger partial charge in [0.05, 0.1) is 0 Å². The Labute approximate surface area is 112 Å². The molecule has 0 saturated heterocycles. The highest BCUT2D eigenvalue weighted by atomic mass is 16.2. The van der Waals surface area contributed by atoms with Gasteiger partial charge in [-0.15, -0.1) is 0 Å². The Morgan fingerprint density at radius 1 is 1.05 bits per heavy atom. The van der Waals surface area contributed by atoms with Crippen molar-refractivity contribution in [2.24, 2.45) is 0 Å². The highest BCUT2D eigenvalue weighted by Gasteiger charge is 2.30. The van der Waals surface area contributed by atoms with Crippen LogP contribution < -0.4 is 4.90 Å². The molecule has 0 spiro atoms. The zero-order valence-electron chi connectivity index (χ0n) is 10.7. The van der Waals surface area contributed by atoms with Crippen LogP contribution in [0.25, 0.3) is 0 Å². The number of hydrogen-bond donors (Lipinski definition) is 0. The first-order valence-electron chi connectivity index (χ1n) is 6.66. The average Bonchev–Trinajstić information content (AvgIpc) is 2.44. The van der Waals surface area contributed by atoms with E-state index in [1.807, 2.05) is 47.4 Å². The number of rotatable bonds is 3. The maximum Gasteiger partial charge on any atom is 0.277 e. The number of para-hydroxylation sites is 1.